The Bertz CT molecular complexity index is 888. The molecule has 1 aliphatic heterocycles. The van der Waals surface area contributed by atoms with E-state index in [1.165, 1.54) is 12.1 Å². The number of carbonyl (C=O) groups is 2. The zero-order chi connectivity index (χ0) is 20.5. The highest BCUT2D eigenvalue weighted by molar-refractivity contribution is 5.95. The summed E-state index contributed by atoms with van der Waals surface area (Å²) in [7, 11) is 0. The van der Waals surface area contributed by atoms with Crippen LogP contribution in [0.3, 0.4) is 0 Å². The van der Waals surface area contributed by atoms with Crippen molar-refractivity contribution in [1.29, 1.82) is 0 Å². The first-order valence-corrected chi connectivity index (χ1v) is 9.22. The second kappa shape index (κ2) is 7.61. The first-order valence-electron chi connectivity index (χ1n) is 9.22. The van der Waals surface area contributed by atoms with E-state index >= 15 is 0 Å². The molecule has 0 unspecified atom stereocenters. The van der Waals surface area contributed by atoms with Crippen LogP contribution in [0.4, 0.5) is 9.18 Å². The number of halogens is 1. The molecule has 1 aromatic carbocycles. The monoisotopic (exact) mass is 388 g/mol. The topological polar surface area (TPSA) is 76.5 Å². The van der Waals surface area contributed by atoms with Gasteiger partial charge in [0.05, 0.1) is 17.6 Å². The van der Waals surface area contributed by atoms with Crippen LogP contribution in [-0.2, 0) is 4.74 Å². The number of nitrogens with zero attached hydrogens (tertiary/aromatic N) is 3. The van der Waals surface area contributed by atoms with E-state index in [2.05, 4.69) is 10.3 Å². The number of benzene rings is 1. The van der Waals surface area contributed by atoms with E-state index in [1.807, 2.05) is 6.92 Å². The third kappa shape index (κ3) is 4.68. The van der Waals surface area contributed by atoms with E-state index in [-0.39, 0.29) is 11.6 Å². The van der Waals surface area contributed by atoms with Gasteiger partial charge in [-0.25, -0.2) is 14.2 Å². The van der Waals surface area contributed by atoms with Crippen LogP contribution in [0.5, 0.6) is 0 Å². The van der Waals surface area contributed by atoms with Crippen molar-refractivity contribution in [3.8, 4) is 5.69 Å². The third-order valence-electron chi connectivity index (χ3n) is 4.38. The molecule has 150 valence electrons. The summed E-state index contributed by atoms with van der Waals surface area (Å²) in [6.07, 6.45) is 3.56. The summed E-state index contributed by atoms with van der Waals surface area (Å²) < 4.78 is 21.5. The molecule has 3 rings (SSSR count). The van der Waals surface area contributed by atoms with E-state index in [0.717, 1.165) is 5.69 Å². The minimum atomic E-state index is -0.608. The zero-order valence-electron chi connectivity index (χ0n) is 16.5. The lowest BCUT2D eigenvalue weighted by atomic mass is 10.1. The highest BCUT2D eigenvalue weighted by Crippen LogP contribution is 2.18. The van der Waals surface area contributed by atoms with Gasteiger partial charge in [0.2, 0.25) is 0 Å². The van der Waals surface area contributed by atoms with E-state index < -0.39 is 23.4 Å². The molecule has 0 bridgehead atoms. The van der Waals surface area contributed by atoms with Crippen LogP contribution in [0, 0.1) is 12.7 Å². The summed E-state index contributed by atoms with van der Waals surface area (Å²) in [5.74, 6) is -1.11. The summed E-state index contributed by atoms with van der Waals surface area (Å²) >= 11 is 0. The number of ether oxygens (including phenoxy) is 1. The molecule has 2 aromatic rings. The smallest absolute Gasteiger partial charge is 0.410 e. The normalized spacial score (nSPS) is 16.9. The first-order chi connectivity index (χ1) is 13.1. The van der Waals surface area contributed by atoms with Crippen molar-refractivity contribution in [1.82, 2.24) is 19.8 Å². The van der Waals surface area contributed by atoms with Crippen molar-refractivity contribution in [3.05, 3.63) is 47.8 Å². The summed E-state index contributed by atoms with van der Waals surface area (Å²) in [6, 6.07) is 4.18. The van der Waals surface area contributed by atoms with Crippen LogP contribution >= 0.6 is 0 Å². The second-order valence-corrected chi connectivity index (χ2v) is 7.97. The first kappa shape index (κ1) is 19.9. The predicted octanol–water partition coefficient (Wildman–Crippen LogP) is 3.06. The Balaban J connectivity index is 1.62. The average Bonchev–Trinajstić information content (AvgIpc) is 3.22. The predicted molar refractivity (Wildman–Crippen MR) is 102 cm³/mol. The quantitative estimate of drug-likeness (QED) is 0.877. The number of likely N-dealkylation sites (tertiary alicyclic amines) is 1. The molecule has 0 saturated carbocycles. The summed E-state index contributed by atoms with van der Waals surface area (Å²) in [6.45, 7) is 8.08. The Morgan fingerprint density at radius 3 is 2.68 bits per heavy atom. The number of carbonyl (C=O) groups excluding carboxylic acids is 2. The number of rotatable bonds is 3. The lowest BCUT2D eigenvalue weighted by Gasteiger charge is -2.24. The van der Waals surface area contributed by atoms with Crippen LogP contribution in [0.2, 0.25) is 0 Å². The standard InChI is InChI=1S/C20H25FN4O3/c1-13-10-25(12-22-13)15-5-6-16(17(21)9-15)18(26)23-14-7-8-24(11-14)19(27)28-20(2,3)4/h5-6,9-10,12,14H,7-8,11H2,1-4H3,(H,23,26)/t14-/m1/s1. The fraction of sp³-hybridized carbons (Fsp3) is 0.450. The molecule has 0 aliphatic carbocycles. The molecular formula is C20H25FN4O3. The number of aromatic nitrogens is 2. The maximum absolute atomic E-state index is 14.5. The maximum atomic E-state index is 14.5. The van der Waals surface area contributed by atoms with Gasteiger partial charge in [-0.05, 0) is 52.3 Å². The zero-order valence-corrected chi connectivity index (χ0v) is 16.5. The number of nitrogens with one attached hydrogen (secondary N) is 1. The highest BCUT2D eigenvalue weighted by atomic mass is 19.1. The molecule has 8 heteroatoms. The maximum Gasteiger partial charge on any atom is 0.410 e. The van der Waals surface area contributed by atoms with Gasteiger partial charge in [0, 0.05) is 31.0 Å². The molecule has 28 heavy (non-hydrogen) atoms. The lowest BCUT2D eigenvalue weighted by molar-refractivity contribution is 0.0290. The van der Waals surface area contributed by atoms with Crippen molar-refractivity contribution in [2.45, 2.75) is 45.8 Å². The van der Waals surface area contributed by atoms with Crippen LogP contribution in [0.25, 0.3) is 5.69 Å². The molecule has 1 aliphatic rings. The Morgan fingerprint density at radius 2 is 2.07 bits per heavy atom. The van der Waals surface area contributed by atoms with E-state index in [0.29, 0.717) is 25.2 Å². The number of hydrogen-bond donors (Lipinski definition) is 1. The fourth-order valence-corrected chi connectivity index (χ4v) is 3.04. The van der Waals surface area contributed by atoms with Gasteiger partial charge >= 0.3 is 6.09 Å². The van der Waals surface area contributed by atoms with Gasteiger partial charge in [0.1, 0.15) is 11.4 Å². The summed E-state index contributed by atoms with van der Waals surface area (Å²) in [5.41, 5.74) is 0.804. The van der Waals surface area contributed by atoms with Gasteiger partial charge in [0.25, 0.3) is 5.91 Å². The molecule has 1 saturated heterocycles. The molecule has 1 N–H and O–H groups in total. The van der Waals surface area contributed by atoms with Crippen LogP contribution < -0.4 is 5.32 Å². The van der Waals surface area contributed by atoms with Gasteiger partial charge in [0.15, 0.2) is 0 Å². The van der Waals surface area contributed by atoms with E-state index in [1.54, 1.807) is 48.8 Å². The van der Waals surface area contributed by atoms with Gasteiger partial charge in [-0.3, -0.25) is 4.79 Å². The Kier molecular flexibility index (Phi) is 5.40. The average molecular weight is 388 g/mol. The second-order valence-electron chi connectivity index (χ2n) is 7.97. The number of hydrogen-bond acceptors (Lipinski definition) is 4. The Hall–Kier alpha value is -2.90. The largest absolute Gasteiger partial charge is 0.444 e. The molecule has 1 aromatic heterocycles. The number of aryl methyl sites for hydroxylation is 1. The molecule has 7 nitrogen and oxygen atoms in total. The van der Waals surface area contributed by atoms with Crippen LogP contribution in [0.15, 0.2) is 30.7 Å². The summed E-state index contributed by atoms with van der Waals surface area (Å²) in [4.78, 5) is 30.3. The van der Waals surface area contributed by atoms with Crippen molar-refractivity contribution < 1.29 is 18.7 Å². The number of amides is 2. The van der Waals surface area contributed by atoms with E-state index in [9.17, 15) is 14.0 Å². The molecule has 0 radical (unpaired) electrons. The van der Waals surface area contributed by atoms with Gasteiger partial charge in [-0.1, -0.05) is 0 Å². The fourth-order valence-electron chi connectivity index (χ4n) is 3.04. The molecule has 1 atom stereocenters. The minimum Gasteiger partial charge on any atom is -0.444 e. The van der Waals surface area contributed by atoms with Crippen molar-refractivity contribution in [3.63, 3.8) is 0 Å². The van der Waals surface area contributed by atoms with Gasteiger partial charge in [-0.2, -0.15) is 0 Å². The Labute approximate surface area is 163 Å². The van der Waals surface area contributed by atoms with Crippen molar-refractivity contribution in [2.75, 3.05) is 13.1 Å². The van der Waals surface area contributed by atoms with Crippen molar-refractivity contribution >= 4 is 12.0 Å². The SMILES string of the molecule is Cc1cn(-c2ccc(C(=O)N[C@@H]3CCN(C(=O)OC(C)(C)C)C3)c(F)c2)cn1. The third-order valence-corrected chi connectivity index (χ3v) is 4.38. The Morgan fingerprint density at radius 1 is 1.32 bits per heavy atom. The van der Waals surface area contributed by atoms with Crippen molar-refractivity contribution in [2.24, 2.45) is 0 Å². The van der Waals surface area contributed by atoms with Crippen LogP contribution in [-0.4, -0.2) is 51.2 Å². The molecule has 2 heterocycles. The molecule has 2 amide bonds. The molecular weight excluding hydrogens is 363 g/mol. The van der Waals surface area contributed by atoms with Gasteiger partial charge < -0.3 is 19.5 Å². The van der Waals surface area contributed by atoms with Gasteiger partial charge in [-0.15, -0.1) is 0 Å². The lowest BCUT2D eigenvalue weighted by Crippen LogP contribution is -2.40. The molecule has 1 fully saturated rings. The number of imidazole rings is 1. The molecule has 0 spiro atoms. The summed E-state index contributed by atoms with van der Waals surface area (Å²) in [5, 5.41) is 2.80. The highest BCUT2D eigenvalue weighted by Gasteiger charge is 2.31. The van der Waals surface area contributed by atoms with Crippen LogP contribution in [0.1, 0.15) is 43.2 Å². The minimum absolute atomic E-state index is 0.0312. The van der Waals surface area contributed by atoms with E-state index in [4.69, 9.17) is 4.74 Å².